The van der Waals surface area contributed by atoms with E-state index in [0.29, 0.717) is 0 Å². The minimum atomic E-state index is -0.687. The predicted molar refractivity (Wildman–Crippen MR) is 58.9 cm³/mol. The molecule has 13 heavy (non-hydrogen) atoms. The Kier molecular flexibility index (Phi) is 3.12. The van der Waals surface area contributed by atoms with Gasteiger partial charge in [-0.1, -0.05) is 19.9 Å². The third-order valence-corrected chi connectivity index (χ3v) is 4.44. The van der Waals surface area contributed by atoms with Gasteiger partial charge in [0.15, 0.2) is 0 Å². The summed E-state index contributed by atoms with van der Waals surface area (Å²) in [6, 6.07) is 0. The highest BCUT2D eigenvalue weighted by Gasteiger charge is 2.60. The van der Waals surface area contributed by atoms with Crippen molar-refractivity contribution in [2.75, 3.05) is 6.26 Å². The van der Waals surface area contributed by atoms with E-state index in [1.807, 2.05) is 26.2 Å². The van der Waals surface area contributed by atoms with Crippen LogP contribution in [0.2, 0.25) is 0 Å². The summed E-state index contributed by atoms with van der Waals surface area (Å²) >= 11 is 4.97. The molecule has 2 atom stereocenters. The molecule has 1 rings (SSSR count). The van der Waals surface area contributed by atoms with Crippen LogP contribution in [0, 0.1) is 17.3 Å². The number of thioether (sulfide) groups is 1. The Morgan fingerprint density at radius 3 is 2.46 bits per heavy atom. The number of hydrogen-bond acceptors (Lipinski definition) is 2. The van der Waals surface area contributed by atoms with E-state index in [0.717, 1.165) is 3.81 Å². The molecule has 2 nitrogen and oxygen atoms in total. The molecule has 0 bridgehead atoms. The maximum Gasteiger partial charge on any atom is 0.307 e. The number of rotatable bonds is 3. The number of carbonyl (C=O) groups is 1. The zero-order chi connectivity index (χ0) is 10.2. The molecule has 1 fully saturated rings. The number of hydrogen-bond donors (Lipinski definition) is 1. The second kappa shape index (κ2) is 3.65. The summed E-state index contributed by atoms with van der Waals surface area (Å²) in [5.74, 6) is -0.730. The van der Waals surface area contributed by atoms with E-state index in [1.165, 1.54) is 0 Å². The number of carboxylic acid groups (broad SMARTS) is 1. The lowest BCUT2D eigenvalue weighted by Crippen LogP contribution is -2.02. The molecule has 0 heterocycles. The van der Waals surface area contributed by atoms with Gasteiger partial charge in [0.2, 0.25) is 0 Å². The van der Waals surface area contributed by atoms with Crippen molar-refractivity contribution >= 4 is 33.7 Å². The van der Waals surface area contributed by atoms with E-state index in [4.69, 9.17) is 5.11 Å². The molecule has 0 aromatic carbocycles. The Labute approximate surface area is 90.9 Å². The Balaban J connectivity index is 2.71. The van der Waals surface area contributed by atoms with Crippen molar-refractivity contribution < 1.29 is 9.90 Å². The van der Waals surface area contributed by atoms with Crippen molar-refractivity contribution in [2.24, 2.45) is 17.3 Å². The summed E-state index contributed by atoms with van der Waals surface area (Å²) < 4.78 is 1.02. The largest absolute Gasteiger partial charge is 0.481 e. The summed E-state index contributed by atoms with van der Waals surface area (Å²) in [4.78, 5) is 10.8. The van der Waals surface area contributed by atoms with Gasteiger partial charge in [-0.2, -0.15) is 0 Å². The molecule has 74 valence electrons. The summed E-state index contributed by atoms with van der Waals surface area (Å²) in [7, 11) is 0. The molecule has 0 aromatic rings. The topological polar surface area (TPSA) is 37.3 Å². The van der Waals surface area contributed by atoms with Gasteiger partial charge in [-0.15, -0.1) is 11.8 Å². The van der Waals surface area contributed by atoms with Crippen LogP contribution in [0.25, 0.3) is 0 Å². The zero-order valence-electron chi connectivity index (χ0n) is 7.87. The van der Waals surface area contributed by atoms with Crippen LogP contribution >= 0.6 is 27.7 Å². The lowest BCUT2D eigenvalue weighted by atomic mass is 10.1. The maximum atomic E-state index is 10.8. The number of allylic oxidation sites excluding steroid dienone is 1. The van der Waals surface area contributed by atoms with E-state index in [2.05, 4.69) is 15.9 Å². The molecule has 0 aliphatic heterocycles. The van der Waals surface area contributed by atoms with Crippen LogP contribution in [0.15, 0.2) is 9.89 Å². The van der Waals surface area contributed by atoms with Crippen LogP contribution in [0.4, 0.5) is 0 Å². The molecular formula is C9H13BrO2S. The van der Waals surface area contributed by atoms with E-state index in [9.17, 15) is 4.79 Å². The fourth-order valence-corrected chi connectivity index (χ4v) is 2.24. The van der Waals surface area contributed by atoms with E-state index in [-0.39, 0.29) is 17.3 Å². The quantitative estimate of drug-likeness (QED) is 0.852. The first-order valence-electron chi connectivity index (χ1n) is 4.05. The molecule has 0 aromatic heterocycles. The summed E-state index contributed by atoms with van der Waals surface area (Å²) in [6.45, 7) is 3.99. The highest BCUT2D eigenvalue weighted by atomic mass is 79.9. The van der Waals surface area contributed by atoms with Gasteiger partial charge in [-0.05, 0) is 33.5 Å². The van der Waals surface area contributed by atoms with Gasteiger partial charge in [0.05, 0.1) is 5.92 Å². The molecule has 0 spiro atoms. The van der Waals surface area contributed by atoms with Crippen molar-refractivity contribution in [3.8, 4) is 0 Å². The average Bonchev–Trinajstić information content (AvgIpc) is 2.53. The highest BCUT2D eigenvalue weighted by Crippen LogP contribution is 2.59. The number of aliphatic carboxylic acids is 1. The number of halogens is 1. The Morgan fingerprint density at radius 2 is 2.15 bits per heavy atom. The molecule has 4 heteroatoms. The van der Waals surface area contributed by atoms with Crippen LogP contribution in [0.3, 0.4) is 0 Å². The SMILES string of the molecule is CSC(Br)=C[C@@H]1[C@@H](C(=O)O)C1(C)C. The molecule has 1 aliphatic carbocycles. The third kappa shape index (κ3) is 2.10. The second-order valence-corrected chi connectivity index (χ2v) is 6.07. The molecule has 0 amide bonds. The average molecular weight is 265 g/mol. The lowest BCUT2D eigenvalue weighted by molar-refractivity contribution is -0.139. The molecule has 0 radical (unpaired) electrons. The van der Waals surface area contributed by atoms with Gasteiger partial charge < -0.3 is 5.11 Å². The van der Waals surface area contributed by atoms with E-state index in [1.54, 1.807) is 11.8 Å². The Morgan fingerprint density at radius 1 is 1.62 bits per heavy atom. The van der Waals surface area contributed by atoms with Gasteiger partial charge in [0.1, 0.15) is 0 Å². The second-order valence-electron chi connectivity index (χ2n) is 3.84. The highest BCUT2D eigenvalue weighted by molar-refractivity contribution is 9.14. The third-order valence-electron chi connectivity index (χ3n) is 2.68. The van der Waals surface area contributed by atoms with Crippen molar-refractivity contribution in [1.82, 2.24) is 0 Å². The van der Waals surface area contributed by atoms with Crippen LogP contribution in [-0.2, 0) is 4.79 Å². The molecule has 0 saturated heterocycles. The van der Waals surface area contributed by atoms with Gasteiger partial charge in [0.25, 0.3) is 0 Å². The van der Waals surface area contributed by atoms with Crippen LogP contribution in [0.1, 0.15) is 13.8 Å². The van der Waals surface area contributed by atoms with Gasteiger partial charge in [0, 0.05) is 3.81 Å². The summed E-state index contributed by atoms with van der Waals surface area (Å²) in [5, 5.41) is 8.89. The number of carboxylic acids is 1. The Hall–Kier alpha value is 0.0400. The minimum Gasteiger partial charge on any atom is -0.481 e. The fraction of sp³-hybridized carbons (Fsp3) is 0.667. The van der Waals surface area contributed by atoms with E-state index >= 15 is 0 Å². The first-order valence-corrected chi connectivity index (χ1v) is 6.07. The predicted octanol–water partition coefficient (Wildman–Crippen LogP) is 2.94. The van der Waals surface area contributed by atoms with Crippen molar-refractivity contribution in [2.45, 2.75) is 13.8 Å². The van der Waals surface area contributed by atoms with Gasteiger partial charge >= 0.3 is 5.97 Å². The van der Waals surface area contributed by atoms with Crippen molar-refractivity contribution in [1.29, 1.82) is 0 Å². The first kappa shape index (κ1) is 11.1. The molecule has 1 saturated carbocycles. The van der Waals surface area contributed by atoms with Gasteiger partial charge in [-0.3, -0.25) is 4.79 Å². The summed E-state index contributed by atoms with van der Waals surface area (Å²) in [6.07, 6.45) is 3.97. The normalized spacial score (nSPS) is 31.5. The fourth-order valence-electron chi connectivity index (χ4n) is 1.67. The van der Waals surface area contributed by atoms with E-state index < -0.39 is 5.97 Å². The first-order chi connectivity index (χ1) is 5.91. The zero-order valence-corrected chi connectivity index (χ0v) is 10.3. The molecular weight excluding hydrogens is 252 g/mol. The molecule has 1 N–H and O–H groups in total. The maximum absolute atomic E-state index is 10.8. The van der Waals surface area contributed by atoms with Crippen LogP contribution in [-0.4, -0.2) is 17.3 Å². The molecule has 1 aliphatic rings. The van der Waals surface area contributed by atoms with Crippen LogP contribution < -0.4 is 0 Å². The summed E-state index contributed by atoms with van der Waals surface area (Å²) in [5.41, 5.74) is -0.0828. The monoisotopic (exact) mass is 264 g/mol. The van der Waals surface area contributed by atoms with Crippen LogP contribution in [0.5, 0.6) is 0 Å². The van der Waals surface area contributed by atoms with Crippen molar-refractivity contribution in [3.63, 3.8) is 0 Å². The Bertz CT molecular complexity index is 260. The lowest BCUT2D eigenvalue weighted by Gasteiger charge is -1.97. The minimum absolute atomic E-state index is 0.0828. The molecule has 0 unspecified atom stereocenters. The standard InChI is InChI=1S/C9H13BrO2S/c1-9(2)5(4-6(10)13-3)7(9)8(11)12/h4-5,7H,1-3H3,(H,11,12)/t5-,7+/m1/s1. The smallest absolute Gasteiger partial charge is 0.307 e. The van der Waals surface area contributed by atoms with Gasteiger partial charge in [-0.25, -0.2) is 0 Å². The van der Waals surface area contributed by atoms with Crippen molar-refractivity contribution in [3.05, 3.63) is 9.89 Å².